The standard InChI is InChI=1S/C65H86N16O16/c1-37(2)27-47(56(85)72-46(17-11-25-68-64(66)79-81(94)95)62(91)80-26-12-18-53(80)63(92)93)73-61(90)52(35-97-65(3,4)5)78-57(86)48(28-38-19-21-42(22-20-38)96-34-39-13-7-6-8-14-39)74-60(89)51(33-82)77-58(87)49(29-40-31-69-44-16-10-9-15-43(40)44)75-59(88)50(30-41-32-67-36-70-41)76-55(84)45-23-24-54(83)71-45/h6-10,13-16,19-22,31-32,36-37,45-53,69,82H,11-12,17-18,23-30,33-35H2,1-5H3,(H,67,70)(H,71,83)(H,72,85)(H,73,90)(H,74,89)(H,75,88)(H,76,84)(H,77,87)(H,78,86)(H,92,93)(H3,66,68,79)/t45-,46-,47-,48-,49-,50-,51-,52+,53-/m0/s1. The number of aliphatic hydroxyl groups excluding tert-OH is 1. The van der Waals surface area contributed by atoms with Gasteiger partial charge in [0.2, 0.25) is 53.2 Å². The quantitative estimate of drug-likeness (QED) is 0.00833. The lowest BCUT2D eigenvalue weighted by Gasteiger charge is -2.30. The number of hydrogen-bond donors (Lipinski definition) is 14. The fraction of sp³-hybridized carbons (Fsp3) is 0.477. The summed E-state index contributed by atoms with van der Waals surface area (Å²) in [6.07, 6.45) is 4.53. The minimum absolute atomic E-state index is 0.0257. The second-order valence-corrected chi connectivity index (χ2v) is 25.1. The Morgan fingerprint density at radius 2 is 1.36 bits per heavy atom. The SMILES string of the molecule is CC(C)C[C@H](NC(=O)[C@@H](COC(C)(C)C)NC(=O)[C@H](Cc1ccc(OCc2ccccc2)cc1)NC(=O)[C@H](CO)NC(=O)[C@H](Cc1c[nH]c2ccccc12)NC(=O)[C@H](Cc1cnc[nH]1)NC(=O)[C@@H]1CCC(=O)N1)C(=O)N[C@@H](CCCN=C(N)N[N+](=O)[O-])C(=O)N1CCC[C@H]1C(=O)O. The van der Waals surface area contributed by atoms with Crippen molar-refractivity contribution in [1.29, 1.82) is 0 Å². The van der Waals surface area contributed by atoms with Gasteiger partial charge in [-0.05, 0) is 100 Å². The summed E-state index contributed by atoms with van der Waals surface area (Å²) in [5.74, 6) is -8.99. The lowest BCUT2D eigenvalue weighted by molar-refractivity contribution is -0.525. The van der Waals surface area contributed by atoms with E-state index in [9.17, 15) is 63.5 Å². The molecule has 2 fully saturated rings. The lowest BCUT2D eigenvalue weighted by Crippen LogP contribution is -2.62. The predicted molar refractivity (Wildman–Crippen MR) is 350 cm³/mol. The Kier molecular flexibility index (Phi) is 26.9. The third-order valence-corrected chi connectivity index (χ3v) is 15.9. The number of aliphatic hydroxyl groups is 1. The molecule has 0 spiro atoms. The van der Waals surface area contributed by atoms with Gasteiger partial charge in [0.25, 0.3) is 5.96 Å². The van der Waals surface area contributed by atoms with E-state index in [1.165, 1.54) is 12.5 Å². The highest BCUT2D eigenvalue weighted by Gasteiger charge is 2.40. The molecule has 15 N–H and O–H groups in total. The number of aliphatic carboxylic acids is 1. The van der Waals surface area contributed by atoms with Gasteiger partial charge in [0.05, 0.1) is 25.1 Å². The molecule has 0 aliphatic carbocycles. The number of H-pyrrole nitrogens is 2. The third-order valence-electron chi connectivity index (χ3n) is 15.9. The van der Waals surface area contributed by atoms with Gasteiger partial charge in [0.15, 0.2) is 5.03 Å². The molecule has 2 aliphatic heterocycles. The fourth-order valence-electron chi connectivity index (χ4n) is 11.0. The first-order valence-electron chi connectivity index (χ1n) is 31.9. The van der Waals surface area contributed by atoms with Crippen LogP contribution in [0.25, 0.3) is 10.9 Å². The number of fused-ring (bicyclic) bond motifs is 1. The topological polar surface area (TPSA) is 467 Å². The average Bonchev–Trinajstić information content (AvgIpc) is 1.74. The van der Waals surface area contributed by atoms with Crippen molar-refractivity contribution in [2.45, 2.75) is 165 Å². The van der Waals surface area contributed by atoms with Gasteiger partial charge in [-0.1, -0.05) is 79.9 Å². The van der Waals surface area contributed by atoms with Crippen LogP contribution in [0.3, 0.4) is 0 Å². The first kappa shape index (κ1) is 73.9. The zero-order chi connectivity index (χ0) is 70.3. The summed E-state index contributed by atoms with van der Waals surface area (Å²) in [5, 5.41) is 52.8. The molecular formula is C65H86N16O16. The molecule has 9 atom stereocenters. The Bertz CT molecular complexity index is 3580. The van der Waals surface area contributed by atoms with Crippen molar-refractivity contribution < 1.29 is 72.7 Å². The van der Waals surface area contributed by atoms with E-state index in [2.05, 4.69) is 62.5 Å². The smallest absolute Gasteiger partial charge is 0.326 e. The lowest BCUT2D eigenvalue weighted by atomic mass is 10.0. The van der Waals surface area contributed by atoms with Crippen LogP contribution in [-0.2, 0) is 78.6 Å². The maximum absolute atomic E-state index is 15.0. The summed E-state index contributed by atoms with van der Waals surface area (Å²) < 4.78 is 12.1. The number of nitro groups is 1. The average molecular weight is 1350 g/mol. The molecule has 0 saturated carbocycles. The highest BCUT2D eigenvalue weighted by atomic mass is 16.7. The molecule has 3 aromatic carbocycles. The minimum atomic E-state index is -1.81. The molecule has 2 aromatic heterocycles. The van der Waals surface area contributed by atoms with E-state index in [1.54, 1.807) is 94.8 Å². The summed E-state index contributed by atoms with van der Waals surface area (Å²) in [4.78, 5) is 166. The normalized spacial score (nSPS) is 16.9. The van der Waals surface area contributed by atoms with Crippen LogP contribution in [0.2, 0.25) is 0 Å². The fourth-order valence-corrected chi connectivity index (χ4v) is 11.0. The molecule has 0 radical (unpaired) electrons. The Morgan fingerprint density at radius 1 is 0.753 bits per heavy atom. The van der Waals surface area contributed by atoms with Crippen LogP contribution in [0.5, 0.6) is 5.75 Å². The number of likely N-dealkylation sites (tertiary alicyclic amines) is 1. The molecule has 32 nitrogen and oxygen atoms in total. The van der Waals surface area contributed by atoms with Crippen molar-refractivity contribution in [3.63, 3.8) is 0 Å². The van der Waals surface area contributed by atoms with Crippen molar-refractivity contribution in [3.8, 4) is 5.75 Å². The van der Waals surface area contributed by atoms with E-state index in [4.69, 9.17) is 15.2 Å². The molecule has 4 heterocycles. The molecule has 32 heteroatoms. The number of guanidine groups is 1. The number of imidazole rings is 1. The van der Waals surface area contributed by atoms with Crippen LogP contribution in [0, 0.1) is 16.0 Å². The van der Waals surface area contributed by atoms with Crippen LogP contribution < -0.4 is 58.4 Å². The first-order valence-corrected chi connectivity index (χ1v) is 31.9. The number of aromatic amines is 2. The molecule has 9 amide bonds. The summed E-state index contributed by atoms with van der Waals surface area (Å²) in [6.45, 7) is 7.21. The molecule has 2 saturated heterocycles. The van der Waals surface area contributed by atoms with E-state index in [0.29, 0.717) is 39.9 Å². The van der Waals surface area contributed by atoms with Gasteiger partial charge in [-0.3, -0.25) is 43.2 Å². The third kappa shape index (κ3) is 22.9. The van der Waals surface area contributed by atoms with Gasteiger partial charge in [0.1, 0.15) is 66.7 Å². The van der Waals surface area contributed by atoms with Gasteiger partial charge < -0.3 is 82.8 Å². The number of nitrogens with zero attached hydrogens (tertiary/aromatic N) is 4. The van der Waals surface area contributed by atoms with E-state index >= 15 is 4.79 Å². The number of nitrogens with two attached hydrogens (primary N) is 1. The van der Waals surface area contributed by atoms with Gasteiger partial charge in [-0.2, -0.15) is 0 Å². The number of amides is 9. The number of carbonyl (C=O) groups excluding carboxylic acids is 9. The number of nitrogens with one attached hydrogen (secondary N) is 11. The number of hydrogen-bond acceptors (Lipinski definition) is 17. The zero-order valence-corrected chi connectivity index (χ0v) is 54.6. The van der Waals surface area contributed by atoms with Gasteiger partial charge in [-0.25, -0.2) is 24.9 Å². The number of carbonyl (C=O) groups is 10. The maximum atomic E-state index is 15.0. The Morgan fingerprint density at radius 3 is 1.99 bits per heavy atom. The van der Waals surface area contributed by atoms with E-state index in [0.717, 1.165) is 10.5 Å². The van der Waals surface area contributed by atoms with Crippen LogP contribution in [-0.4, -0.2) is 186 Å². The summed E-state index contributed by atoms with van der Waals surface area (Å²) in [7, 11) is 0. The number of carboxylic acid groups (broad SMARTS) is 1. The van der Waals surface area contributed by atoms with Crippen LogP contribution in [0.4, 0.5) is 0 Å². The van der Waals surface area contributed by atoms with Crippen molar-refractivity contribution in [2.75, 3.05) is 26.3 Å². The van der Waals surface area contributed by atoms with E-state index < -0.39 is 137 Å². The van der Waals surface area contributed by atoms with Crippen molar-refractivity contribution in [2.24, 2.45) is 16.6 Å². The van der Waals surface area contributed by atoms with E-state index in [-0.39, 0.29) is 89.3 Å². The van der Waals surface area contributed by atoms with Crippen LogP contribution in [0.15, 0.2) is 103 Å². The molecule has 522 valence electrons. The predicted octanol–water partition coefficient (Wildman–Crippen LogP) is -0.0246. The minimum Gasteiger partial charge on any atom is -0.489 e. The van der Waals surface area contributed by atoms with Crippen LogP contribution in [0.1, 0.15) is 102 Å². The van der Waals surface area contributed by atoms with Gasteiger partial charge >= 0.3 is 5.97 Å². The highest BCUT2D eigenvalue weighted by Crippen LogP contribution is 2.23. The molecule has 5 aromatic rings. The largest absolute Gasteiger partial charge is 0.489 e. The Labute approximate surface area is 558 Å². The van der Waals surface area contributed by atoms with Gasteiger partial charge in [-0.15, -0.1) is 0 Å². The molecular weight excluding hydrogens is 1260 g/mol. The van der Waals surface area contributed by atoms with Gasteiger partial charge in [0, 0.05) is 67.8 Å². The molecule has 97 heavy (non-hydrogen) atoms. The number of benzene rings is 3. The Hall–Kier alpha value is -10.5. The highest BCUT2D eigenvalue weighted by molar-refractivity contribution is 5.99. The summed E-state index contributed by atoms with van der Waals surface area (Å²) in [6, 6.07) is 10.4. The number of carboxylic acids is 1. The number of para-hydroxylation sites is 1. The van der Waals surface area contributed by atoms with Crippen molar-refractivity contribution >= 4 is 76.0 Å². The molecule has 0 unspecified atom stereocenters. The number of aliphatic imine (C=N–C) groups is 1. The number of hydrazine groups is 1. The Balaban J connectivity index is 1.15. The summed E-state index contributed by atoms with van der Waals surface area (Å²) >= 11 is 0. The number of rotatable bonds is 35. The number of aromatic nitrogens is 3. The second kappa shape index (κ2) is 35.3. The van der Waals surface area contributed by atoms with Crippen molar-refractivity contribution in [1.82, 2.24) is 67.8 Å². The molecule has 7 rings (SSSR count). The monoisotopic (exact) mass is 1350 g/mol. The van der Waals surface area contributed by atoms with Crippen LogP contribution >= 0.6 is 0 Å². The zero-order valence-electron chi connectivity index (χ0n) is 54.6. The maximum Gasteiger partial charge on any atom is 0.326 e. The molecule has 0 bridgehead atoms. The summed E-state index contributed by atoms with van der Waals surface area (Å²) in [5.41, 5.74) is 9.42. The van der Waals surface area contributed by atoms with E-state index in [1.807, 2.05) is 30.3 Å². The second-order valence-electron chi connectivity index (χ2n) is 25.1. The van der Waals surface area contributed by atoms with Crippen molar-refractivity contribution in [3.05, 3.63) is 130 Å². The first-order chi connectivity index (χ1) is 46.2. The number of ether oxygens (including phenoxy) is 2. The molecule has 2 aliphatic rings.